The van der Waals surface area contributed by atoms with Gasteiger partial charge in [-0.2, -0.15) is 0 Å². The molecule has 212 valence electrons. The van der Waals surface area contributed by atoms with E-state index in [1.165, 1.54) is 22.3 Å². The van der Waals surface area contributed by atoms with Gasteiger partial charge in [0.2, 0.25) is 5.91 Å². The van der Waals surface area contributed by atoms with E-state index in [-0.39, 0.29) is 62.3 Å². The molecule has 1 saturated heterocycles. The van der Waals surface area contributed by atoms with Crippen LogP contribution in [0.15, 0.2) is 30.4 Å². The van der Waals surface area contributed by atoms with E-state index in [0.29, 0.717) is 12.0 Å². The molecule has 8 nitrogen and oxygen atoms in total. The molecular weight excluding hydrogens is 503 g/mol. The number of aliphatic carboxylic acids is 1. The van der Waals surface area contributed by atoms with Crippen molar-refractivity contribution in [1.29, 1.82) is 0 Å². The number of Topliss-reactive ketones (excluding diaryl/α,β-unsaturated/α-hetero) is 1. The number of unbranched alkanes of at least 4 members (excludes halogenated alkanes) is 4. The number of allylic oxidation sites excluding steroid dienone is 2. The van der Waals surface area contributed by atoms with E-state index in [1.807, 2.05) is 12.2 Å². The van der Waals surface area contributed by atoms with E-state index in [1.54, 1.807) is 19.1 Å². The smallest absolute Gasteiger partial charge is 0.410 e. The highest BCUT2D eigenvalue weighted by Crippen LogP contribution is 2.57. The third-order valence-electron chi connectivity index (χ3n) is 8.35. The molecule has 1 aliphatic carbocycles. The van der Waals surface area contributed by atoms with Crippen molar-refractivity contribution in [2.24, 2.45) is 11.3 Å². The first-order valence-electron chi connectivity index (χ1n) is 14.1. The highest BCUT2D eigenvalue weighted by atomic mass is 19.1. The topological polar surface area (TPSA) is 104 Å². The molecule has 1 aromatic carbocycles. The Bertz CT molecular complexity index is 1140. The number of ether oxygens (including phenoxy) is 1. The number of amides is 2. The Morgan fingerprint density at radius 1 is 1.15 bits per heavy atom. The molecule has 0 bridgehead atoms. The molecule has 1 N–H and O–H groups in total. The lowest BCUT2D eigenvalue weighted by Gasteiger charge is -2.24. The van der Waals surface area contributed by atoms with Crippen molar-refractivity contribution in [2.75, 3.05) is 6.54 Å². The zero-order valence-corrected chi connectivity index (χ0v) is 22.9. The van der Waals surface area contributed by atoms with Gasteiger partial charge in [-0.25, -0.2) is 9.18 Å². The van der Waals surface area contributed by atoms with Gasteiger partial charge in [-0.05, 0) is 36.8 Å². The number of ketones is 1. The number of carbonyl (C=O) groups excluding carboxylic acids is 3. The van der Waals surface area contributed by atoms with Crippen LogP contribution in [-0.4, -0.2) is 57.3 Å². The van der Waals surface area contributed by atoms with E-state index < -0.39 is 29.6 Å². The fraction of sp³-hybridized carbons (Fsp3) is 0.600. The quantitative estimate of drug-likeness (QED) is 0.286. The minimum Gasteiger partial charge on any atom is -0.481 e. The highest BCUT2D eigenvalue weighted by Gasteiger charge is 2.61. The number of rotatable bonds is 12. The Labute approximate surface area is 229 Å². The van der Waals surface area contributed by atoms with Gasteiger partial charge in [0.25, 0.3) is 0 Å². The molecule has 0 radical (unpaired) electrons. The first kappa shape index (κ1) is 28.8. The molecule has 0 spiro atoms. The molecule has 3 aliphatic rings. The number of carbonyl (C=O) groups is 4. The molecular formula is C30H39FN2O6. The van der Waals surface area contributed by atoms with Crippen LogP contribution in [0, 0.1) is 17.2 Å². The van der Waals surface area contributed by atoms with Crippen molar-refractivity contribution >= 4 is 23.8 Å². The fourth-order valence-corrected chi connectivity index (χ4v) is 5.88. The predicted octanol–water partition coefficient (Wildman–Crippen LogP) is 5.23. The number of fused-ring (bicyclic) bond motifs is 1. The van der Waals surface area contributed by atoms with Gasteiger partial charge in [0.05, 0.1) is 24.5 Å². The van der Waals surface area contributed by atoms with Gasteiger partial charge in [0.1, 0.15) is 11.9 Å². The summed E-state index contributed by atoms with van der Waals surface area (Å²) in [6, 6.07) is 3.89. The largest absolute Gasteiger partial charge is 0.481 e. The molecule has 0 unspecified atom stereocenters. The number of carboxylic acid groups (broad SMARTS) is 1. The standard InChI is InChI=1S/C30H39FN2O6/c1-3-5-6-7-8-9-12-21-15-30(21,28(36)37)16-26(34)25-14-22(18-33(25)27(35)4-2)39-29(38)32-17-20-11-10-13-24(31)23(20)19-32/h9-13,21-22,25H,3-8,14-19H2,1-2H3,(H,36,37)/b12-9-/t21-,22-,25+,30-/m1/s1. The van der Waals surface area contributed by atoms with Crippen LogP contribution in [0.4, 0.5) is 9.18 Å². The molecule has 1 aromatic rings. The van der Waals surface area contributed by atoms with Crippen LogP contribution in [0.3, 0.4) is 0 Å². The number of benzene rings is 1. The molecule has 2 amide bonds. The van der Waals surface area contributed by atoms with Crippen molar-refractivity contribution in [1.82, 2.24) is 9.80 Å². The second-order valence-corrected chi connectivity index (χ2v) is 11.1. The minimum atomic E-state index is -1.14. The summed E-state index contributed by atoms with van der Waals surface area (Å²) in [7, 11) is 0. The first-order chi connectivity index (χ1) is 18.7. The normalized spacial score (nSPS) is 25.7. The van der Waals surface area contributed by atoms with Crippen LogP contribution in [0.1, 0.15) is 82.8 Å². The maximum absolute atomic E-state index is 14.1. The Morgan fingerprint density at radius 3 is 2.64 bits per heavy atom. The Balaban J connectivity index is 1.36. The molecule has 1 saturated carbocycles. The Hall–Kier alpha value is -3.23. The molecule has 4 atom stereocenters. The van der Waals surface area contributed by atoms with Gasteiger partial charge in [0.15, 0.2) is 5.78 Å². The fourth-order valence-electron chi connectivity index (χ4n) is 5.88. The second kappa shape index (κ2) is 12.3. The number of likely N-dealkylation sites (tertiary alicyclic amines) is 1. The maximum atomic E-state index is 14.1. The van der Waals surface area contributed by atoms with E-state index >= 15 is 0 Å². The zero-order valence-electron chi connectivity index (χ0n) is 22.9. The van der Waals surface area contributed by atoms with Crippen LogP contribution in [0.2, 0.25) is 0 Å². The third kappa shape index (κ3) is 6.34. The molecule has 2 heterocycles. The van der Waals surface area contributed by atoms with E-state index in [2.05, 4.69) is 6.92 Å². The van der Waals surface area contributed by atoms with Gasteiger partial charge in [-0.15, -0.1) is 0 Å². The second-order valence-electron chi connectivity index (χ2n) is 11.1. The monoisotopic (exact) mass is 542 g/mol. The lowest BCUT2D eigenvalue weighted by atomic mass is 9.92. The summed E-state index contributed by atoms with van der Waals surface area (Å²) in [6.07, 6.45) is 8.60. The molecule has 0 aromatic heterocycles. The van der Waals surface area contributed by atoms with Crippen molar-refractivity contribution in [3.05, 3.63) is 47.3 Å². The predicted molar refractivity (Wildman–Crippen MR) is 142 cm³/mol. The van der Waals surface area contributed by atoms with Crippen molar-refractivity contribution < 1.29 is 33.4 Å². The number of halogens is 1. The Kier molecular flexibility index (Phi) is 9.08. The number of hydrogen-bond acceptors (Lipinski definition) is 5. The van der Waals surface area contributed by atoms with Crippen LogP contribution in [-0.2, 0) is 32.2 Å². The summed E-state index contributed by atoms with van der Waals surface area (Å²) in [4.78, 5) is 54.0. The van der Waals surface area contributed by atoms with E-state index in [0.717, 1.165) is 31.2 Å². The Morgan fingerprint density at radius 2 is 1.95 bits per heavy atom. The van der Waals surface area contributed by atoms with Gasteiger partial charge < -0.3 is 14.7 Å². The number of hydrogen-bond donors (Lipinski definition) is 1. The van der Waals surface area contributed by atoms with Gasteiger partial charge in [-0.1, -0.05) is 57.4 Å². The van der Waals surface area contributed by atoms with Crippen LogP contribution >= 0.6 is 0 Å². The maximum Gasteiger partial charge on any atom is 0.410 e. The lowest BCUT2D eigenvalue weighted by molar-refractivity contribution is -0.147. The highest BCUT2D eigenvalue weighted by molar-refractivity contribution is 5.94. The summed E-state index contributed by atoms with van der Waals surface area (Å²) in [5.41, 5.74) is 0.0461. The lowest BCUT2D eigenvalue weighted by Crippen LogP contribution is -2.41. The molecule has 2 fully saturated rings. The zero-order chi connectivity index (χ0) is 28.2. The molecule has 39 heavy (non-hydrogen) atoms. The molecule has 2 aliphatic heterocycles. The van der Waals surface area contributed by atoms with Gasteiger partial charge in [0, 0.05) is 31.4 Å². The van der Waals surface area contributed by atoms with Crippen molar-refractivity contribution in [2.45, 2.75) is 96.9 Å². The third-order valence-corrected chi connectivity index (χ3v) is 8.35. The van der Waals surface area contributed by atoms with Crippen LogP contribution in [0.25, 0.3) is 0 Å². The summed E-state index contributed by atoms with van der Waals surface area (Å²) in [5, 5.41) is 9.98. The average molecular weight is 543 g/mol. The molecule has 9 heteroatoms. The van der Waals surface area contributed by atoms with Crippen LogP contribution < -0.4 is 0 Å². The van der Waals surface area contributed by atoms with Crippen LogP contribution in [0.5, 0.6) is 0 Å². The summed E-state index contributed by atoms with van der Waals surface area (Å²) >= 11 is 0. The summed E-state index contributed by atoms with van der Waals surface area (Å²) < 4.78 is 19.8. The summed E-state index contributed by atoms with van der Waals surface area (Å²) in [5.74, 6) is -2.12. The van der Waals surface area contributed by atoms with Gasteiger partial charge >= 0.3 is 12.1 Å². The van der Waals surface area contributed by atoms with E-state index in [4.69, 9.17) is 4.74 Å². The average Bonchev–Trinajstić information content (AvgIpc) is 3.24. The minimum absolute atomic E-state index is 0.0745. The molecule has 4 rings (SSSR count). The number of nitrogens with zero attached hydrogens (tertiary/aromatic N) is 2. The first-order valence-corrected chi connectivity index (χ1v) is 14.1. The SMILES string of the molecule is CCCCCC/C=C\[C@@H]1C[C@]1(CC(=O)[C@@H]1C[C@@H](OC(=O)N2Cc3cccc(F)c3C2)CN1C(=O)CC)C(=O)O. The van der Waals surface area contributed by atoms with Crippen molar-refractivity contribution in [3.8, 4) is 0 Å². The van der Waals surface area contributed by atoms with E-state index in [9.17, 15) is 28.7 Å². The number of carboxylic acids is 1. The summed E-state index contributed by atoms with van der Waals surface area (Å²) in [6.45, 7) is 4.25. The van der Waals surface area contributed by atoms with Crippen molar-refractivity contribution in [3.63, 3.8) is 0 Å². The van der Waals surface area contributed by atoms with Gasteiger partial charge in [-0.3, -0.25) is 19.3 Å².